The number of ether oxygens (including phenoxy) is 2. The molecule has 1 N–H and O–H groups in total. The summed E-state index contributed by atoms with van der Waals surface area (Å²) < 4.78 is 40.1. The molecule has 0 radical (unpaired) electrons. The molecule has 0 aliphatic carbocycles. The molecule has 0 bridgehead atoms. The number of sulfonamides is 1. The van der Waals surface area contributed by atoms with Crippen molar-refractivity contribution in [3.8, 4) is 11.5 Å². The average molecular weight is 616 g/mol. The molecule has 0 aliphatic heterocycles. The van der Waals surface area contributed by atoms with E-state index in [1.54, 1.807) is 43.3 Å². The number of nitrogens with one attached hydrogen (secondary N) is 1. The van der Waals surface area contributed by atoms with Crippen LogP contribution in [0.1, 0.15) is 37.0 Å². The number of rotatable bonds is 13. The van der Waals surface area contributed by atoms with Crippen molar-refractivity contribution in [1.82, 2.24) is 10.2 Å². The molecule has 0 fully saturated rings. The van der Waals surface area contributed by atoms with Gasteiger partial charge in [0.05, 0.1) is 24.8 Å². The fraction of sp³-hybridized carbons (Fsp3) is 0.355. The number of benzene rings is 3. The molecule has 9 nitrogen and oxygen atoms in total. The topological polar surface area (TPSA) is 105 Å². The molecule has 226 valence electrons. The van der Waals surface area contributed by atoms with E-state index in [1.807, 2.05) is 26.8 Å². The third kappa shape index (κ3) is 7.95. The number of aryl methyl sites for hydroxylation is 2. The predicted molar refractivity (Wildman–Crippen MR) is 165 cm³/mol. The SMILES string of the molecule is CCCNC(=O)[C@H](C)N(Cc1cccc(Cl)c1)C(=O)CN(c1cc(C)cc(C)c1)S(=O)(=O)c1ccc(OC)c(OC)c1. The first-order valence-corrected chi connectivity index (χ1v) is 15.4. The Hall–Kier alpha value is -3.76. The predicted octanol–water partition coefficient (Wildman–Crippen LogP) is 5.11. The summed E-state index contributed by atoms with van der Waals surface area (Å²) in [6.07, 6.45) is 0.727. The Morgan fingerprint density at radius 3 is 2.21 bits per heavy atom. The van der Waals surface area contributed by atoms with E-state index in [9.17, 15) is 18.0 Å². The largest absolute Gasteiger partial charge is 0.493 e. The lowest BCUT2D eigenvalue weighted by molar-refractivity contribution is -0.139. The summed E-state index contributed by atoms with van der Waals surface area (Å²) in [7, 11) is -1.41. The highest BCUT2D eigenvalue weighted by Gasteiger charge is 2.33. The molecule has 3 rings (SSSR count). The van der Waals surface area contributed by atoms with Gasteiger partial charge in [0, 0.05) is 24.2 Å². The molecule has 42 heavy (non-hydrogen) atoms. The van der Waals surface area contributed by atoms with Crippen molar-refractivity contribution in [2.45, 2.75) is 51.6 Å². The van der Waals surface area contributed by atoms with Crippen LogP contribution in [-0.2, 0) is 26.2 Å². The van der Waals surface area contributed by atoms with Crippen LogP contribution in [0.25, 0.3) is 0 Å². The van der Waals surface area contributed by atoms with E-state index >= 15 is 0 Å². The zero-order valence-electron chi connectivity index (χ0n) is 24.8. The van der Waals surface area contributed by atoms with Crippen molar-refractivity contribution in [2.75, 3.05) is 31.6 Å². The number of carbonyl (C=O) groups excluding carboxylic acids is 2. The fourth-order valence-corrected chi connectivity index (χ4v) is 6.16. The van der Waals surface area contributed by atoms with Gasteiger partial charge in [-0.3, -0.25) is 13.9 Å². The summed E-state index contributed by atoms with van der Waals surface area (Å²) in [5.41, 5.74) is 2.68. The number of nitrogens with zero attached hydrogens (tertiary/aromatic N) is 2. The Morgan fingerprint density at radius 2 is 1.62 bits per heavy atom. The quantitative estimate of drug-likeness (QED) is 0.286. The molecule has 3 aromatic rings. The lowest BCUT2D eigenvalue weighted by atomic mass is 10.1. The zero-order valence-corrected chi connectivity index (χ0v) is 26.4. The van der Waals surface area contributed by atoms with Crippen LogP contribution in [0.3, 0.4) is 0 Å². The minimum absolute atomic E-state index is 0.0528. The molecule has 0 unspecified atom stereocenters. The molecular weight excluding hydrogens is 578 g/mol. The highest BCUT2D eigenvalue weighted by Crippen LogP contribution is 2.33. The van der Waals surface area contributed by atoms with Crippen LogP contribution >= 0.6 is 11.6 Å². The van der Waals surface area contributed by atoms with Gasteiger partial charge in [-0.05, 0) is 80.3 Å². The Kier molecular flexibility index (Phi) is 11.2. The Labute approximate surface area is 253 Å². The first-order chi connectivity index (χ1) is 19.9. The van der Waals surface area contributed by atoms with E-state index in [0.29, 0.717) is 28.6 Å². The summed E-state index contributed by atoms with van der Waals surface area (Å²) in [6, 6.07) is 15.7. The van der Waals surface area contributed by atoms with E-state index in [-0.39, 0.29) is 23.1 Å². The summed E-state index contributed by atoms with van der Waals surface area (Å²) in [6.45, 7) is 7.21. The summed E-state index contributed by atoms with van der Waals surface area (Å²) >= 11 is 6.20. The lowest BCUT2D eigenvalue weighted by Gasteiger charge is -2.32. The average Bonchev–Trinajstić information content (AvgIpc) is 2.95. The summed E-state index contributed by atoms with van der Waals surface area (Å²) in [4.78, 5) is 28.4. The van der Waals surface area contributed by atoms with Crippen LogP contribution in [-0.4, -0.2) is 58.5 Å². The highest BCUT2D eigenvalue weighted by atomic mass is 35.5. The number of carbonyl (C=O) groups is 2. The maximum Gasteiger partial charge on any atom is 0.264 e. The smallest absolute Gasteiger partial charge is 0.264 e. The second kappa shape index (κ2) is 14.4. The Morgan fingerprint density at radius 1 is 0.952 bits per heavy atom. The molecule has 1 atom stereocenters. The normalized spacial score (nSPS) is 11.9. The van der Waals surface area contributed by atoms with Crippen molar-refractivity contribution < 1.29 is 27.5 Å². The molecule has 0 saturated carbocycles. The van der Waals surface area contributed by atoms with Gasteiger partial charge < -0.3 is 19.7 Å². The van der Waals surface area contributed by atoms with Crippen LogP contribution < -0.4 is 19.1 Å². The van der Waals surface area contributed by atoms with Gasteiger partial charge in [0.25, 0.3) is 10.0 Å². The van der Waals surface area contributed by atoms with Gasteiger partial charge in [-0.25, -0.2) is 8.42 Å². The summed E-state index contributed by atoms with van der Waals surface area (Å²) in [5, 5.41) is 3.31. The van der Waals surface area contributed by atoms with E-state index in [1.165, 1.54) is 37.3 Å². The number of anilines is 1. The minimum atomic E-state index is -4.28. The van der Waals surface area contributed by atoms with E-state index < -0.39 is 28.5 Å². The van der Waals surface area contributed by atoms with Gasteiger partial charge in [0.15, 0.2) is 11.5 Å². The summed E-state index contributed by atoms with van der Waals surface area (Å²) in [5.74, 6) is -0.301. The standard InChI is InChI=1S/C31H38ClN3O6S/c1-7-13-33-31(37)23(4)34(19-24-9-8-10-25(32)17-24)30(36)20-35(26-15-21(2)14-22(3)16-26)42(38,39)27-11-12-28(40-5)29(18-27)41-6/h8-12,14-18,23H,7,13,19-20H2,1-6H3,(H,33,37)/t23-/m0/s1. The third-order valence-corrected chi connectivity index (χ3v) is 8.68. The number of methoxy groups -OCH3 is 2. The number of amides is 2. The van der Waals surface area contributed by atoms with Gasteiger partial charge >= 0.3 is 0 Å². The Balaban J connectivity index is 2.10. The molecule has 0 spiro atoms. The second-order valence-corrected chi connectivity index (χ2v) is 12.3. The molecule has 3 aromatic carbocycles. The zero-order chi connectivity index (χ0) is 31.0. The van der Waals surface area contributed by atoms with Crippen LogP contribution in [0.4, 0.5) is 5.69 Å². The first kappa shape index (κ1) is 32.8. The highest BCUT2D eigenvalue weighted by molar-refractivity contribution is 7.92. The molecule has 2 amide bonds. The van der Waals surface area contributed by atoms with Gasteiger partial charge in [-0.15, -0.1) is 0 Å². The van der Waals surface area contributed by atoms with Crippen LogP contribution in [0.2, 0.25) is 5.02 Å². The number of halogens is 1. The monoisotopic (exact) mass is 615 g/mol. The number of hydrogen-bond donors (Lipinski definition) is 1. The minimum Gasteiger partial charge on any atom is -0.493 e. The van der Waals surface area contributed by atoms with E-state index in [2.05, 4.69) is 5.32 Å². The van der Waals surface area contributed by atoms with E-state index in [0.717, 1.165) is 21.9 Å². The molecule has 0 aromatic heterocycles. The van der Waals surface area contributed by atoms with Crippen molar-refractivity contribution in [3.63, 3.8) is 0 Å². The Bertz CT molecular complexity index is 1510. The van der Waals surface area contributed by atoms with Crippen LogP contribution in [0, 0.1) is 13.8 Å². The van der Waals surface area contributed by atoms with Gasteiger partial charge in [0.1, 0.15) is 12.6 Å². The van der Waals surface area contributed by atoms with Gasteiger partial charge in [-0.2, -0.15) is 0 Å². The molecule has 0 heterocycles. The fourth-order valence-electron chi connectivity index (χ4n) is 4.54. The molecule has 0 saturated heterocycles. The molecule has 0 aliphatic rings. The van der Waals surface area contributed by atoms with Gasteiger partial charge in [0.2, 0.25) is 11.8 Å². The maximum atomic E-state index is 14.2. The van der Waals surface area contributed by atoms with Crippen molar-refractivity contribution in [2.24, 2.45) is 0 Å². The maximum absolute atomic E-state index is 14.2. The van der Waals surface area contributed by atoms with Crippen molar-refractivity contribution >= 4 is 39.1 Å². The molecular formula is C31H38ClN3O6S. The van der Waals surface area contributed by atoms with E-state index in [4.69, 9.17) is 21.1 Å². The first-order valence-electron chi connectivity index (χ1n) is 13.6. The van der Waals surface area contributed by atoms with Crippen LogP contribution in [0.15, 0.2) is 65.6 Å². The van der Waals surface area contributed by atoms with Crippen molar-refractivity contribution in [1.29, 1.82) is 0 Å². The van der Waals surface area contributed by atoms with Crippen LogP contribution in [0.5, 0.6) is 11.5 Å². The third-order valence-electron chi connectivity index (χ3n) is 6.67. The lowest BCUT2D eigenvalue weighted by Crippen LogP contribution is -2.51. The molecule has 11 heteroatoms. The van der Waals surface area contributed by atoms with Crippen molar-refractivity contribution in [3.05, 3.63) is 82.4 Å². The second-order valence-electron chi connectivity index (χ2n) is 9.99. The number of hydrogen-bond acceptors (Lipinski definition) is 6. The van der Waals surface area contributed by atoms with Gasteiger partial charge in [-0.1, -0.05) is 36.7 Å².